The Morgan fingerprint density at radius 1 is 1.46 bits per heavy atom. The maximum absolute atomic E-state index is 11.3. The smallest absolute Gasteiger partial charge is 0.255 e. The minimum Gasteiger partial charge on any atom is -0.255 e. The van der Waals surface area contributed by atoms with Crippen molar-refractivity contribution in [2.45, 2.75) is 0 Å². The van der Waals surface area contributed by atoms with Crippen molar-refractivity contribution in [2.75, 3.05) is 0 Å². The first kappa shape index (κ1) is 8.32. The van der Waals surface area contributed by atoms with Gasteiger partial charge in [-0.2, -0.15) is 8.33 Å². The van der Waals surface area contributed by atoms with E-state index in [1.807, 2.05) is 0 Å². The Balaban J connectivity index is 2.74. The second-order valence-electron chi connectivity index (χ2n) is 2.22. The normalized spacial score (nSPS) is 10.5. The molecule has 2 rings (SSSR count). The Morgan fingerprint density at radius 2 is 2.23 bits per heavy atom. The van der Waals surface area contributed by atoms with Crippen molar-refractivity contribution < 1.29 is 0 Å². The number of rotatable bonds is 1. The molecule has 0 aliphatic carbocycles. The van der Waals surface area contributed by atoms with Crippen LogP contribution in [-0.2, 0) is 7.05 Å². The largest absolute Gasteiger partial charge is 0.348 e. The van der Waals surface area contributed by atoms with Crippen LogP contribution in [-0.4, -0.2) is 17.9 Å². The second kappa shape index (κ2) is 2.89. The molecule has 0 aliphatic heterocycles. The first-order valence-corrected chi connectivity index (χ1v) is 4.87. The van der Waals surface area contributed by atoms with Gasteiger partial charge in [0.2, 0.25) is 0 Å². The SMILES string of the molecule is Cn1c(=O)sn(-c2ncsn2)c1=O. The average Bonchev–Trinajstić information content (AvgIpc) is 2.70. The first-order valence-electron chi connectivity index (χ1n) is 3.26. The molecule has 2 heterocycles. The van der Waals surface area contributed by atoms with E-state index in [1.165, 1.54) is 16.5 Å². The Bertz CT molecular complexity index is 519. The zero-order valence-electron chi connectivity index (χ0n) is 6.50. The molecule has 2 aromatic rings. The lowest BCUT2D eigenvalue weighted by Crippen LogP contribution is -2.25. The fraction of sp³-hybridized carbons (Fsp3) is 0.200. The third kappa shape index (κ3) is 1.23. The molecule has 0 fully saturated rings. The van der Waals surface area contributed by atoms with Gasteiger partial charge in [-0.25, -0.2) is 9.78 Å². The van der Waals surface area contributed by atoms with Gasteiger partial charge in [-0.1, -0.05) is 0 Å². The van der Waals surface area contributed by atoms with Crippen LogP contribution in [0.1, 0.15) is 0 Å². The standard InChI is InChI=1S/C5H4N4O2S2/c1-8-4(10)9(13-5(8)11)3-6-2-12-7-3/h2H,1H3. The molecular formula is C5H4N4O2S2. The van der Waals surface area contributed by atoms with Crippen molar-refractivity contribution in [3.8, 4) is 5.95 Å². The summed E-state index contributed by atoms with van der Waals surface area (Å²) in [5, 5.41) is 0. The van der Waals surface area contributed by atoms with Gasteiger partial charge >= 0.3 is 10.6 Å². The highest BCUT2D eigenvalue weighted by molar-refractivity contribution is 7.04. The number of hydrogen-bond acceptors (Lipinski definition) is 6. The summed E-state index contributed by atoms with van der Waals surface area (Å²) in [6.07, 6.45) is 0. The third-order valence-electron chi connectivity index (χ3n) is 1.44. The quantitative estimate of drug-likeness (QED) is 0.641. The molecular weight excluding hydrogens is 212 g/mol. The highest BCUT2D eigenvalue weighted by atomic mass is 32.1. The molecule has 0 unspecified atom stereocenters. The fourth-order valence-electron chi connectivity index (χ4n) is 0.774. The maximum Gasteiger partial charge on any atom is 0.348 e. The number of nitrogens with zero attached hydrogens (tertiary/aromatic N) is 4. The van der Waals surface area contributed by atoms with Crippen LogP contribution in [0.2, 0.25) is 0 Å². The van der Waals surface area contributed by atoms with Crippen LogP contribution in [0.25, 0.3) is 5.95 Å². The van der Waals surface area contributed by atoms with Gasteiger partial charge in [0.1, 0.15) is 5.51 Å². The molecule has 0 bridgehead atoms. The van der Waals surface area contributed by atoms with Crippen molar-refractivity contribution in [2.24, 2.45) is 7.05 Å². The van der Waals surface area contributed by atoms with E-state index in [0.717, 1.165) is 27.6 Å². The zero-order chi connectivity index (χ0) is 9.42. The highest BCUT2D eigenvalue weighted by Gasteiger charge is 2.10. The van der Waals surface area contributed by atoms with E-state index in [9.17, 15) is 9.59 Å². The van der Waals surface area contributed by atoms with Crippen molar-refractivity contribution in [1.82, 2.24) is 17.9 Å². The third-order valence-corrected chi connectivity index (χ3v) is 2.84. The van der Waals surface area contributed by atoms with Gasteiger partial charge in [-0.15, -0.1) is 0 Å². The van der Waals surface area contributed by atoms with Crippen molar-refractivity contribution in [3.63, 3.8) is 0 Å². The Kier molecular flexibility index (Phi) is 1.85. The molecule has 0 amide bonds. The summed E-state index contributed by atoms with van der Waals surface area (Å²) >= 11 is 1.92. The van der Waals surface area contributed by atoms with Crippen LogP contribution in [0.15, 0.2) is 15.1 Å². The Labute approximate surface area is 80.0 Å². The monoisotopic (exact) mass is 216 g/mol. The van der Waals surface area contributed by atoms with Gasteiger partial charge in [0.25, 0.3) is 5.95 Å². The molecule has 0 N–H and O–H groups in total. The zero-order valence-corrected chi connectivity index (χ0v) is 8.13. The molecule has 68 valence electrons. The number of aromatic nitrogens is 4. The van der Waals surface area contributed by atoms with Crippen LogP contribution >= 0.6 is 23.1 Å². The molecule has 0 aromatic carbocycles. The lowest BCUT2D eigenvalue weighted by molar-refractivity contribution is 0.794. The minimum atomic E-state index is -0.409. The predicted octanol–water partition coefficient (Wildman–Crippen LogP) is -0.551. The van der Waals surface area contributed by atoms with E-state index in [1.54, 1.807) is 0 Å². The molecule has 0 spiro atoms. The average molecular weight is 216 g/mol. The molecule has 6 nitrogen and oxygen atoms in total. The van der Waals surface area contributed by atoms with Gasteiger partial charge in [0.05, 0.1) is 0 Å². The van der Waals surface area contributed by atoms with Crippen LogP contribution < -0.4 is 10.6 Å². The minimum absolute atomic E-state index is 0.262. The summed E-state index contributed by atoms with van der Waals surface area (Å²) < 4.78 is 6.04. The molecule has 0 radical (unpaired) electrons. The van der Waals surface area contributed by atoms with Gasteiger partial charge in [-0.3, -0.25) is 9.36 Å². The molecule has 0 aliphatic rings. The van der Waals surface area contributed by atoms with E-state index in [4.69, 9.17) is 0 Å². The molecule has 0 atom stereocenters. The van der Waals surface area contributed by atoms with Crippen molar-refractivity contribution in [3.05, 3.63) is 25.7 Å². The van der Waals surface area contributed by atoms with Crippen LogP contribution in [0.5, 0.6) is 0 Å². The van der Waals surface area contributed by atoms with Crippen LogP contribution in [0.3, 0.4) is 0 Å². The van der Waals surface area contributed by atoms with Gasteiger partial charge in [0.15, 0.2) is 0 Å². The lowest BCUT2D eigenvalue weighted by Gasteiger charge is -1.87. The highest BCUT2D eigenvalue weighted by Crippen LogP contribution is 1.99. The molecule has 0 saturated carbocycles. The van der Waals surface area contributed by atoms with Crippen LogP contribution in [0, 0.1) is 0 Å². The summed E-state index contributed by atoms with van der Waals surface area (Å²) in [4.78, 5) is 25.9. The summed E-state index contributed by atoms with van der Waals surface area (Å²) in [6, 6.07) is 0. The van der Waals surface area contributed by atoms with Crippen molar-refractivity contribution >= 4 is 23.1 Å². The van der Waals surface area contributed by atoms with E-state index in [2.05, 4.69) is 9.36 Å². The van der Waals surface area contributed by atoms with E-state index in [-0.39, 0.29) is 10.8 Å². The van der Waals surface area contributed by atoms with Gasteiger partial charge in [-0.05, 0) is 11.5 Å². The van der Waals surface area contributed by atoms with E-state index < -0.39 is 5.69 Å². The van der Waals surface area contributed by atoms with Crippen LogP contribution in [0.4, 0.5) is 0 Å². The Morgan fingerprint density at radius 3 is 2.69 bits per heavy atom. The molecule has 13 heavy (non-hydrogen) atoms. The second-order valence-corrected chi connectivity index (χ2v) is 3.73. The first-order chi connectivity index (χ1) is 6.20. The summed E-state index contributed by atoms with van der Waals surface area (Å²) in [5.74, 6) is 0.262. The molecule has 2 aromatic heterocycles. The predicted molar refractivity (Wildman–Crippen MR) is 48.6 cm³/mol. The number of hydrogen-bond donors (Lipinski definition) is 0. The Hall–Kier alpha value is -1.28. The van der Waals surface area contributed by atoms with Gasteiger partial charge < -0.3 is 0 Å². The maximum atomic E-state index is 11.3. The lowest BCUT2D eigenvalue weighted by atomic mass is 10.9. The van der Waals surface area contributed by atoms with E-state index >= 15 is 0 Å². The fourth-order valence-corrected chi connectivity index (χ4v) is 1.96. The van der Waals surface area contributed by atoms with E-state index in [0.29, 0.717) is 0 Å². The summed E-state index contributed by atoms with van der Waals surface area (Å²) in [6.45, 7) is 0. The topological polar surface area (TPSA) is 69.8 Å². The molecule has 0 saturated heterocycles. The van der Waals surface area contributed by atoms with Crippen molar-refractivity contribution in [1.29, 1.82) is 0 Å². The van der Waals surface area contributed by atoms with Gasteiger partial charge in [0, 0.05) is 18.6 Å². The summed E-state index contributed by atoms with van der Waals surface area (Å²) in [5.41, 5.74) is 1.10. The summed E-state index contributed by atoms with van der Waals surface area (Å²) in [7, 11) is 1.42. The molecule has 8 heteroatoms.